The summed E-state index contributed by atoms with van der Waals surface area (Å²) in [5, 5.41) is 4.03. The molecule has 0 fully saturated rings. The van der Waals surface area contributed by atoms with Crippen molar-refractivity contribution >= 4 is 17.3 Å². The molecule has 2 aromatic carbocycles. The number of hydrogen-bond acceptors (Lipinski definition) is 1. The van der Waals surface area contributed by atoms with Gasteiger partial charge in [0.25, 0.3) is 0 Å². The van der Waals surface area contributed by atoms with E-state index in [1.165, 1.54) is 6.07 Å². The van der Waals surface area contributed by atoms with Gasteiger partial charge in [0.2, 0.25) is 0 Å². The van der Waals surface area contributed by atoms with Gasteiger partial charge in [-0.1, -0.05) is 23.7 Å². The van der Waals surface area contributed by atoms with Crippen LogP contribution in [0.1, 0.15) is 16.7 Å². The van der Waals surface area contributed by atoms with E-state index in [4.69, 9.17) is 11.6 Å². The summed E-state index contributed by atoms with van der Waals surface area (Å²) in [6, 6.07) is 10.7. The second-order valence-corrected chi connectivity index (χ2v) is 4.80. The summed E-state index contributed by atoms with van der Waals surface area (Å²) in [7, 11) is 0. The molecule has 1 nitrogen and oxygen atoms in total. The molecule has 0 unspecified atom stereocenters. The minimum atomic E-state index is -0.199. The zero-order valence-corrected chi connectivity index (χ0v) is 11.2. The summed E-state index contributed by atoms with van der Waals surface area (Å²) >= 11 is 6.06. The smallest absolute Gasteiger partial charge is 0.123 e. The fourth-order valence-electron chi connectivity index (χ4n) is 1.76. The molecular weight excluding hydrogens is 249 g/mol. The molecule has 94 valence electrons. The first-order valence-electron chi connectivity index (χ1n) is 5.81. The molecule has 0 amide bonds. The summed E-state index contributed by atoms with van der Waals surface area (Å²) in [6.45, 7) is 4.53. The van der Waals surface area contributed by atoms with Crippen LogP contribution in [0.15, 0.2) is 36.4 Å². The van der Waals surface area contributed by atoms with Gasteiger partial charge in [-0.05, 0) is 54.8 Å². The monoisotopic (exact) mass is 263 g/mol. The lowest BCUT2D eigenvalue weighted by molar-refractivity contribution is 0.625. The topological polar surface area (TPSA) is 12.0 Å². The lowest BCUT2D eigenvalue weighted by Crippen LogP contribution is -2.01. The Kier molecular flexibility index (Phi) is 3.87. The fraction of sp³-hybridized carbons (Fsp3) is 0.200. The summed E-state index contributed by atoms with van der Waals surface area (Å²) in [4.78, 5) is 0. The third kappa shape index (κ3) is 3.02. The van der Waals surface area contributed by atoms with Gasteiger partial charge in [0.15, 0.2) is 0 Å². The maximum absolute atomic E-state index is 13.0. The number of anilines is 1. The van der Waals surface area contributed by atoms with Gasteiger partial charge >= 0.3 is 0 Å². The van der Waals surface area contributed by atoms with Crippen LogP contribution in [-0.4, -0.2) is 0 Å². The molecule has 0 radical (unpaired) electrons. The molecule has 2 aromatic rings. The zero-order chi connectivity index (χ0) is 13.1. The Morgan fingerprint density at radius 1 is 1.06 bits per heavy atom. The molecule has 0 saturated carbocycles. The van der Waals surface area contributed by atoms with Crippen molar-refractivity contribution in [3.05, 3.63) is 63.9 Å². The predicted molar refractivity (Wildman–Crippen MR) is 74.7 cm³/mol. The van der Waals surface area contributed by atoms with Crippen molar-refractivity contribution in [1.82, 2.24) is 0 Å². The third-order valence-corrected chi connectivity index (χ3v) is 3.37. The fourth-order valence-corrected chi connectivity index (χ4v) is 1.94. The summed E-state index contributed by atoms with van der Waals surface area (Å²) in [5.74, 6) is -0.199. The number of benzene rings is 2. The summed E-state index contributed by atoms with van der Waals surface area (Å²) in [5.41, 5.74) is 4.04. The molecule has 0 aliphatic carbocycles. The average molecular weight is 264 g/mol. The van der Waals surface area contributed by atoms with E-state index in [2.05, 4.69) is 5.32 Å². The van der Waals surface area contributed by atoms with Crippen LogP contribution in [0.3, 0.4) is 0 Å². The maximum Gasteiger partial charge on any atom is 0.123 e. The Balaban J connectivity index is 2.09. The Morgan fingerprint density at radius 2 is 1.83 bits per heavy atom. The molecule has 1 N–H and O–H groups in total. The summed E-state index contributed by atoms with van der Waals surface area (Å²) in [6.07, 6.45) is 0. The van der Waals surface area contributed by atoms with Crippen LogP contribution >= 0.6 is 11.6 Å². The average Bonchev–Trinajstić information content (AvgIpc) is 2.32. The zero-order valence-electron chi connectivity index (χ0n) is 10.4. The van der Waals surface area contributed by atoms with Crippen LogP contribution in [0.25, 0.3) is 0 Å². The van der Waals surface area contributed by atoms with E-state index in [0.717, 1.165) is 27.4 Å². The molecule has 18 heavy (non-hydrogen) atoms. The van der Waals surface area contributed by atoms with Gasteiger partial charge in [0.1, 0.15) is 5.82 Å². The first-order valence-corrected chi connectivity index (χ1v) is 6.19. The molecule has 0 aromatic heterocycles. The Hall–Kier alpha value is -1.54. The second-order valence-electron chi connectivity index (χ2n) is 4.39. The van der Waals surface area contributed by atoms with E-state index in [9.17, 15) is 4.39 Å². The first kappa shape index (κ1) is 12.9. The van der Waals surface area contributed by atoms with E-state index in [-0.39, 0.29) is 5.82 Å². The van der Waals surface area contributed by atoms with Gasteiger partial charge in [0, 0.05) is 17.3 Å². The number of nitrogens with one attached hydrogen (secondary N) is 1. The van der Waals surface area contributed by atoms with Gasteiger partial charge in [-0.3, -0.25) is 0 Å². The predicted octanol–water partition coefficient (Wildman–Crippen LogP) is 4.71. The lowest BCUT2D eigenvalue weighted by Gasteiger charge is -2.10. The molecule has 0 bridgehead atoms. The van der Waals surface area contributed by atoms with Crippen LogP contribution in [0.4, 0.5) is 10.1 Å². The minimum absolute atomic E-state index is 0.199. The van der Waals surface area contributed by atoms with Crippen molar-refractivity contribution in [3.63, 3.8) is 0 Å². The molecule has 3 heteroatoms. The SMILES string of the molecule is Cc1ccc(NCc2ccc(F)cc2C)cc1Cl. The molecule has 0 heterocycles. The van der Waals surface area contributed by atoms with E-state index in [0.29, 0.717) is 6.54 Å². The Morgan fingerprint density at radius 3 is 2.50 bits per heavy atom. The molecule has 0 aliphatic rings. The largest absolute Gasteiger partial charge is 0.381 e. The van der Waals surface area contributed by atoms with Crippen molar-refractivity contribution in [2.45, 2.75) is 20.4 Å². The summed E-state index contributed by atoms with van der Waals surface area (Å²) < 4.78 is 13.0. The van der Waals surface area contributed by atoms with Crippen molar-refractivity contribution in [2.75, 3.05) is 5.32 Å². The first-order chi connectivity index (χ1) is 8.56. The normalized spacial score (nSPS) is 10.4. The van der Waals surface area contributed by atoms with Crippen LogP contribution in [-0.2, 0) is 6.54 Å². The standard InChI is InChI=1S/C15H15ClFN/c1-10-3-6-14(8-15(10)16)18-9-12-4-5-13(17)7-11(12)2/h3-8,18H,9H2,1-2H3. The lowest BCUT2D eigenvalue weighted by atomic mass is 10.1. The van der Waals surface area contributed by atoms with E-state index >= 15 is 0 Å². The van der Waals surface area contributed by atoms with Gasteiger partial charge in [-0.25, -0.2) is 4.39 Å². The molecule has 0 saturated heterocycles. The molecule has 0 atom stereocenters. The molecular formula is C15H15ClFN. The number of halogens is 2. The second kappa shape index (κ2) is 5.40. The van der Waals surface area contributed by atoms with Crippen molar-refractivity contribution < 1.29 is 4.39 Å². The number of aryl methyl sites for hydroxylation is 2. The van der Waals surface area contributed by atoms with Crippen LogP contribution in [0.2, 0.25) is 5.02 Å². The van der Waals surface area contributed by atoms with Crippen LogP contribution < -0.4 is 5.32 Å². The highest BCUT2D eigenvalue weighted by atomic mass is 35.5. The molecule has 2 rings (SSSR count). The highest BCUT2D eigenvalue weighted by Gasteiger charge is 2.01. The highest BCUT2D eigenvalue weighted by Crippen LogP contribution is 2.21. The van der Waals surface area contributed by atoms with Crippen LogP contribution in [0.5, 0.6) is 0 Å². The number of rotatable bonds is 3. The molecule has 0 spiro atoms. The van der Waals surface area contributed by atoms with E-state index < -0.39 is 0 Å². The van der Waals surface area contributed by atoms with Crippen molar-refractivity contribution in [1.29, 1.82) is 0 Å². The van der Waals surface area contributed by atoms with Gasteiger partial charge < -0.3 is 5.32 Å². The van der Waals surface area contributed by atoms with Gasteiger partial charge in [-0.2, -0.15) is 0 Å². The van der Waals surface area contributed by atoms with Gasteiger partial charge in [-0.15, -0.1) is 0 Å². The van der Waals surface area contributed by atoms with Crippen molar-refractivity contribution in [3.8, 4) is 0 Å². The highest BCUT2D eigenvalue weighted by molar-refractivity contribution is 6.31. The third-order valence-electron chi connectivity index (χ3n) is 2.96. The van der Waals surface area contributed by atoms with E-state index in [1.807, 2.05) is 32.0 Å². The van der Waals surface area contributed by atoms with Crippen LogP contribution in [0, 0.1) is 19.7 Å². The van der Waals surface area contributed by atoms with E-state index in [1.54, 1.807) is 12.1 Å². The Bertz CT molecular complexity index is 566. The molecule has 0 aliphatic heterocycles. The Labute approximate surface area is 112 Å². The number of hydrogen-bond donors (Lipinski definition) is 1. The van der Waals surface area contributed by atoms with Gasteiger partial charge in [0.05, 0.1) is 0 Å². The minimum Gasteiger partial charge on any atom is -0.381 e. The quantitative estimate of drug-likeness (QED) is 0.846. The van der Waals surface area contributed by atoms with Crippen molar-refractivity contribution in [2.24, 2.45) is 0 Å². The maximum atomic E-state index is 13.0.